The number of pyridine rings is 2. The quantitative estimate of drug-likeness (QED) is 0.308. The molecule has 1 amide bonds. The number of hydrogen-bond acceptors (Lipinski definition) is 8. The lowest BCUT2D eigenvalue weighted by Crippen LogP contribution is -2.58. The van der Waals surface area contributed by atoms with Crippen LogP contribution in [0.2, 0.25) is 0 Å². The molecule has 4 aromatic rings. The molecule has 1 saturated heterocycles. The minimum Gasteiger partial charge on any atom is -0.384 e. The molecule has 6 rings (SSSR count). The Morgan fingerprint density at radius 1 is 1.04 bits per heavy atom. The van der Waals surface area contributed by atoms with Crippen LogP contribution in [-0.4, -0.2) is 68.6 Å². The molecule has 45 heavy (non-hydrogen) atoms. The van der Waals surface area contributed by atoms with Gasteiger partial charge in [0, 0.05) is 50.1 Å². The second-order valence-electron chi connectivity index (χ2n) is 11.9. The van der Waals surface area contributed by atoms with E-state index in [1.807, 2.05) is 32.6 Å². The van der Waals surface area contributed by atoms with E-state index in [4.69, 9.17) is 4.98 Å². The summed E-state index contributed by atoms with van der Waals surface area (Å²) in [5.41, 5.74) is 1.40. The molecule has 5 heterocycles. The Balaban J connectivity index is 1.69. The first-order valence-corrected chi connectivity index (χ1v) is 15.2. The van der Waals surface area contributed by atoms with Crippen molar-refractivity contribution in [3.05, 3.63) is 77.0 Å². The summed E-state index contributed by atoms with van der Waals surface area (Å²) in [6, 6.07) is 7.08. The van der Waals surface area contributed by atoms with Gasteiger partial charge >= 0.3 is 5.69 Å². The number of rotatable bonds is 3. The average Bonchev–Trinajstić information content (AvgIpc) is 3.02. The number of anilines is 3. The third-order valence-corrected chi connectivity index (χ3v) is 8.48. The van der Waals surface area contributed by atoms with Gasteiger partial charge in [-0.15, -0.1) is 0 Å². The highest BCUT2D eigenvalue weighted by atomic mass is 19.1. The van der Waals surface area contributed by atoms with Crippen molar-refractivity contribution < 1.29 is 13.6 Å². The smallest absolute Gasteiger partial charge is 0.355 e. The Labute approximate surface area is 259 Å². The zero-order valence-electron chi connectivity index (χ0n) is 25.8. The van der Waals surface area contributed by atoms with Gasteiger partial charge in [0.15, 0.2) is 11.5 Å². The van der Waals surface area contributed by atoms with Crippen molar-refractivity contribution in [2.45, 2.75) is 52.1 Å². The van der Waals surface area contributed by atoms with Gasteiger partial charge in [0.05, 0.1) is 28.0 Å². The Morgan fingerprint density at radius 3 is 2.53 bits per heavy atom. The number of carbonyl (C=O) groups is 1. The molecule has 0 aliphatic carbocycles. The van der Waals surface area contributed by atoms with Crippen molar-refractivity contribution >= 4 is 34.1 Å². The maximum Gasteiger partial charge on any atom is 0.355 e. The van der Waals surface area contributed by atoms with Crippen LogP contribution in [0.4, 0.5) is 26.0 Å². The Hall–Kier alpha value is -4.87. The molecule has 0 saturated carbocycles. The normalized spacial score (nSPS) is 18.3. The molecule has 0 unspecified atom stereocenters. The van der Waals surface area contributed by atoms with Crippen molar-refractivity contribution in [2.75, 3.05) is 41.7 Å². The number of carbonyl (C=O) groups excluding carboxylic acids is 1. The summed E-state index contributed by atoms with van der Waals surface area (Å²) in [5, 5.41) is 6.95. The maximum absolute atomic E-state index is 16.3. The minimum atomic E-state index is -0.756. The summed E-state index contributed by atoms with van der Waals surface area (Å²) in [7, 11) is 0. The molecule has 2 atom stereocenters. The number of piperazine rings is 1. The third-order valence-electron chi connectivity index (χ3n) is 8.48. The van der Waals surface area contributed by atoms with E-state index in [1.165, 1.54) is 22.8 Å². The Kier molecular flexibility index (Phi) is 7.98. The summed E-state index contributed by atoms with van der Waals surface area (Å²) < 4.78 is 33.1. The maximum atomic E-state index is 16.3. The van der Waals surface area contributed by atoms with Gasteiger partial charge in [0.2, 0.25) is 5.91 Å². The van der Waals surface area contributed by atoms with E-state index < -0.39 is 17.3 Å². The molecular formula is C33H36F2N8O2. The van der Waals surface area contributed by atoms with Crippen molar-refractivity contribution in [3.63, 3.8) is 0 Å². The van der Waals surface area contributed by atoms with Crippen LogP contribution in [0.3, 0.4) is 0 Å². The monoisotopic (exact) mass is 614 g/mol. The molecule has 10 nitrogen and oxygen atoms in total. The summed E-state index contributed by atoms with van der Waals surface area (Å²) in [6.45, 7) is 13.1. The molecule has 1 fully saturated rings. The van der Waals surface area contributed by atoms with Gasteiger partial charge in [0.25, 0.3) is 0 Å². The van der Waals surface area contributed by atoms with E-state index in [9.17, 15) is 9.59 Å². The highest BCUT2D eigenvalue weighted by Crippen LogP contribution is 2.37. The predicted molar refractivity (Wildman–Crippen MR) is 172 cm³/mol. The fourth-order valence-electron chi connectivity index (χ4n) is 6.26. The lowest BCUT2D eigenvalue weighted by molar-refractivity contribution is -0.128. The molecule has 2 N–H and O–H groups in total. The number of fused-ring (bicyclic) bond motifs is 5. The van der Waals surface area contributed by atoms with Crippen LogP contribution in [-0.2, 0) is 4.79 Å². The first-order valence-electron chi connectivity index (χ1n) is 15.2. The average molecular weight is 615 g/mol. The van der Waals surface area contributed by atoms with E-state index in [1.54, 1.807) is 29.3 Å². The Morgan fingerprint density at radius 2 is 1.80 bits per heavy atom. The van der Waals surface area contributed by atoms with Crippen LogP contribution in [0.5, 0.6) is 0 Å². The number of amides is 1. The standard InChI is InChI=1S/C33H36F2N8O2/c1-6-26(44)41-16-20(5)42(17-19(41)4)31-21-15-23(35)29-27-22(34)9-7-10-24(27)36-12-8-13-37-25-11-14-38-28(18(2)3)30(25)43(32(21)39-29)33(45)40-31/h6-7,9-11,14-15,18-20,36-37H,1,8,12-13,16-17H2,2-5H3/t19-,20+/m1/s1. The molecule has 2 bridgehead atoms. The van der Waals surface area contributed by atoms with Gasteiger partial charge < -0.3 is 20.4 Å². The second-order valence-corrected chi connectivity index (χ2v) is 11.9. The molecular weight excluding hydrogens is 578 g/mol. The number of nitrogens with one attached hydrogen (secondary N) is 2. The van der Waals surface area contributed by atoms with Gasteiger partial charge in [-0.2, -0.15) is 4.98 Å². The molecule has 1 aromatic carbocycles. The number of halogens is 2. The fourth-order valence-corrected chi connectivity index (χ4v) is 6.26. The molecule has 2 aliphatic heterocycles. The van der Waals surface area contributed by atoms with E-state index in [0.29, 0.717) is 55.4 Å². The Bertz CT molecular complexity index is 1870. The van der Waals surface area contributed by atoms with Crippen molar-refractivity contribution in [3.8, 4) is 16.9 Å². The number of hydrogen-bond donors (Lipinski definition) is 2. The highest BCUT2D eigenvalue weighted by Gasteiger charge is 2.34. The van der Waals surface area contributed by atoms with Crippen LogP contribution in [0.25, 0.3) is 28.0 Å². The molecule has 0 spiro atoms. The summed E-state index contributed by atoms with van der Waals surface area (Å²) in [5.74, 6) is -1.43. The van der Waals surface area contributed by atoms with Crippen LogP contribution in [0, 0.1) is 11.6 Å². The summed E-state index contributed by atoms with van der Waals surface area (Å²) in [6.07, 6.45) is 3.62. The lowest BCUT2D eigenvalue weighted by Gasteiger charge is -2.44. The van der Waals surface area contributed by atoms with E-state index >= 15 is 8.78 Å². The van der Waals surface area contributed by atoms with Gasteiger partial charge in [0.1, 0.15) is 17.3 Å². The van der Waals surface area contributed by atoms with E-state index in [-0.39, 0.29) is 52.0 Å². The largest absolute Gasteiger partial charge is 0.384 e. The molecule has 3 aromatic heterocycles. The first kappa shape index (κ1) is 30.2. The number of benzene rings is 1. The van der Waals surface area contributed by atoms with Crippen LogP contribution in [0.15, 0.2) is 54.0 Å². The number of nitrogens with zero attached hydrogens (tertiary/aromatic N) is 6. The van der Waals surface area contributed by atoms with E-state index in [0.717, 1.165) is 0 Å². The van der Waals surface area contributed by atoms with Crippen molar-refractivity contribution in [2.24, 2.45) is 0 Å². The van der Waals surface area contributed by atoms with Gasteiger partial charge in [-0.1, -0.05) is 26.5 Å². The summed E-state index contributed by atoms with van der Waals surface area (Å²) >= 11 is 0. The minimum absolute atomic E-state index is 0.0181. The SMILES string of the molecule is C=CC(=O)N1C[C@H](C)N(c2nc(=O)n3c4nc(c(F)cc24)-c2c(F)cccc2NCCCNc2ccnc(C(C)C)c2-3)C[C@H]1C. The summed E-state index contributed by atoms with van der Waals surface area (Å²) in [4.78, 5) is 44.3. The fraction of sp³-hybridized carbons (Fsp3) is 0.364. The van der Waals surface area contributed by atoms with Gasteiger partial charge in [-0.25, -0.2) is 23.1 Å². The zero-order valence-corrected chi connectivity index (χ0v) is 25.8. The predicted octanol–water partition coefficient (Wildman–Crippen LogP) is 5.08. The second kappa shape index (κ2) is 11.9. The van der Waals surface area contributed by atoms with Crippen LogP contribution in [0.1, 0.15) is 45.7 Å². The van der Waals surface area contributed by atoms with Gasteiger partial charge in [-0.3, -0.25) is 9.78 Å². The van der Waals surface area contributed by atoms with E-state index in [2.05, 4.69) is 27.2 Å². The number of aromatic nitrogens is 4. The molecule has 0 radical (unpaired) electrons. The topological polar surface area (TPSA) is 108 Å². The highest BCUT2D eigenvalue weighted by molar-refractivity contribution is 5.93. The molecule has 234 valence electrons. The van der Waals surface area contributed by atoms with Crippen LogP contribution >= 0.6 is 0 Å². The molecule has 12 heteroatoms. The van der Waals surface area contributed by atoms with Crippen LogP contribution < -0.4 is 21.2 Å². The molecule has 2 aliphatic rings. The van der Waals surface area contributed by atoms with Gasteiger partial charge in [-0.05, 0) is 56.5 Å². The first-order chi connectivity index (χ1) is 21.6. The lowest BCUT2D eigenvalue weighted by atomic mass is 10.0. The van der Waals surface area contributed by atoms with Crippen molar-refractivity contribution in [1.82, 2.24) is 24.4 Å². The zero-order chi connectivity index (χ0) is 32.0. The third kappa shape index (κ3) is 5.27. The van der Waals surface area contributed by atoms with Crippen molar-refractivity contribution in [1.29, 1.82) is 0 Å².